The Labute approximate surface area is 191 Å². The number of amides is 1. The van der Waals surface area contributed by atoms with Gasteiger partial charge < -0.3 is 19.5 Å². The van der Waals surface area contributed by atoms with E-state index in [0.717, 1.165) is 22.7 Å². The number of methoxy groups -OCH3 is 2. The van der Waals surface area contributed by atoms with Crippen molar-refractivity contribution >= 4 is 11.6 Å². The van der Waals surface area contributed by atoms with E-state index < -0.39 is 0 Å². The van der Waals surface area contributed by atoms with Crippen LogP contribution in [0.25, 0.3) is 16.9 Å². The second-order valence-electron chi connectivity index (χ2n) is 7.04. The molecule has 168 valence electrons. The third kappa shape index (κ3) is 5.19. The van der Waals surface area contributed by atoms with E-state index in [-0.39, 0.29) is 11.6 Å². The van der Waals surface area contributed by atoms with Crippen molar-refractivity contribution in [2.24, 2.45) is 0 Å². The lowest BCUT2D eigenvalue weighted by atomic mass is 10.1. The van der Waals surface area contributed by atoms with Crippen LogP contribution >= 0.6 is 0 Å². The highest BCUT2D eigenvalue weighted by Crippen LogP contribution is 2.27. The van der Waals surface area contributed by atoms with Gasteiger partial charge in [-0.05, 0) is 54.6 Å². The van der Waals surface area contributed by atoms with Gasteiger partial charge in [0.15, 0.2) is 5.69 Å². The van der Waals surface area contributed by atoms with Crippen LogP contribution in [-0.4, -0.2) is 48.1 Å². The van der Waals surface area contributed by atoms with Gasteiger partial charge in [0.2, 0.25) is 5.88 Å². The van der Waals surface area contributed by atoms with E-state index in [4.69, 9.17) is 14.2 Å². The molecule has 0 saturated heterocycles. The Kier molecular flexibility index (Phi) is 6.96. The summed E-state index contributed by atoms with van der Waals surface area (Å²) in [5.74, 6) is 0.699. The first kappa shape index (κ1) is 22.0. The Morgan fingerprint density at radius 1 is 0.970 bits per heavy atom. The molecule has 0 spiro atoms. The monoisotopic (exact) mass is 444 g/mol. The van der Waals surface area contributed by atoms with Crippen molar-refractivity contribution in [2.45, 2.75) is 0 Å². The Bertz CT molecular complexity index is 1210. The van der Waals surface area contributed by atoms with Crippen LogP contribution in [0.2, 0.25) is 0 Å². The smallest absolute Gasteiger partial charge is 0.276 e. The maximum atomic E-state index is 13.1. The van der Waals surface area contributed by atoms with Crippen LogP contribution < -0.4 is 14.8 Å². The Balaban J connectivity index is 1.66. The number of para-hydroxylation sites is 1. The van der Waals surface area contributed by atoms with Crippen LogP contribution in [-0.2, 0) is 4.74 Å². The van der Waals surface area contributed by atoms with Gasteiger partial charge in [0, 0.05) is 18.9 Å². The Morgan fingerprint density at radius 2 is 1.76 bits per heavy atom. The van der Waals surface area contributed by atoms with Crippen molar-refractivity contribution in [3.8, 4) is 28.6 Å². The highest BCUT2D eigenvalue weighted by Gasteiger charge is 2.18. The average Bonchev–Trinajstić information content (AvgIpc) is 3.32. The SMILES string of the molecule is COCCOc1ncccc1NC(=O)c1cc(-c2ccc(OC)cc2)n(-c2ccccc2)n1. The third-order valence-electron chi connectivity index (χ3n) is 4.87. The van der Waals surface area contributed by atoms with Crippen LogP contribution in [0.1, 0.15) is 10.5 Å². The highest BCUT2D eigenvalue weighted by molar-refractivity contribution is 6.04. The molecule has 8 nitrogen and oxygen atoms in total. The lowest BCUT2D eigenvalue weighted by Crippen LogP contribution is -2.15. The minimum absolute atomic E-state index is 0.261. The van der Waals surface area contributed by atoms with Crippen LogP contribution in [0, 0.1) is 0 Å². The zero-order chi connectivity index (χ0) is 23.0. The zero-order valence-corrected chi connectivity index (χ0v) is 18.4. The summed E-state index contributed by atoms with van der Waals surface area (Å²) in [6.07, 6.45) is 1.60. The number of pyridine rings is 1. The first-order valence-corrected chi connectivity index (χ1v) is 10.4. The molecule has 0 unspecified atom stereocenters. The van der Waals surface area contributed by atoms with Gasteiger partial charge in [0.25, 0.3) is 5.91 Å². The number of aromatic nitrogens is 3. The molecule has 0 bridgehead atoms. The molecule has 0 aliphatic carbocycles. The summed E-state index contributed by atoms with van der Waals surface area (Å²) < 4.78 is 17.6. The second-order valence-corrected chi connectivity index (χ2v) is 7.04. The molecule has 0 aliphatic rings. The van der Waals surface area contributed by atoms with Gasteiger partial charge in [0.1, 0.15) is 18.0 Å². The van der Waals surface area contributed by atoms with E-state index in [1.807, 2.05) is 54.6 Å². The quantitative estimate of drug-likeness (QED) is 0.389. The number of hydrogen-bond acceptors (Lipinski definition) is 6. The number of hydrogen-bond donors (Lipinski definition) is 1. The standard InChI is InChI=1S/C25H24N4O4/c1-31-15-16-33-25-21(9-6-14-26-25)27-24(30)22-17-23(18-10-12-20(32-2)13-11-18)29(28-22)19-7-4-3-5-8-19/h3-14,17H,15-16H2,1-2H3,(H,27,30). The van der Waals surface area contributed by atoms with Crippen molar-refractivity contribution < 1.29 is 19.0 Å². The molecular weight excluding hydrogens is 420 g/mol. The lowest BCUT2D eigenvalue weighted by Gasteiger charge is -2.10. The summed E-state index contributed by atoms with van der Waals surface area (Å²) in [4.78, 5) is 17.3. The molecule has 1 amide bonds. The normalized spacial score (nSPS) is 10.6. The summed E-state index contributed by atoms with van der Waals surface area (Å²) in [6, 6.07) is 22.5. The van der Waals surface area contributed by atoms with Crippen molar-refractivity contribution in [1.29, 1.82) is 0 Å². The number of nitrogens with one attached hydrogen (secondary N) is 1. The van der Waals surface area contributed by atoms with Crippen LogP contribution in [0.15, 0.2) is 79.0 Å². The van der Waals surface area contributed by atoms with E-state index in [0.29, 0.717) is 24.8 Å². The van der Waals surface area contributed by atoms with E-state index in [1.165, 1.54) is 0 Å². The molecule has 0 radical (unpaired) electrons. The highest BCUT2D eigenvalue weighted by atomic mass is 16.5. The predicted molar refractivity (Wildman–Crippen MR) is 125 cm³/mol. The van der Waals surface area contributed by atoms with E-state index in [1.54, 1.807) is 43.3 Å². The number of anilines is 1. The summed E-state index contributed by atoms with van der Waals surface area (Å²) in [5, 5.41) is 7.45. The Hall–Kier alpha value is -4.17. The van der Waals surface area contributed by atoms with E-state index in [2.05, 4.69) is 15.4 Å². The fourth-order valence-corrected chi connectivity index (χ4v) is 3.23. The molecule has 2 aromatic carbocycles. The summed E-state index contributed by atoms with van der Waals surface area (Å²) in [5.41, 5.74) is 3.23. The number of benzene rings is 2. The van der Waals surface area contributed by atoms with Crippen molar-refractivity contribution in [1.82, 2.24) is 14.8 Å². The Morgan fingerprint density at radius 3 is 2.48 bits per heavy atom. The molecular formula is C25H24N4O4. The molecule has 33 heavy (non-hydrogen) atoms. The molecule has 2 heterocycles. The molecule has 0 atom stereocenters. The lowest BCUT2D eigenvalue weighted by molar-refractivity contribution is 0.102. The zero-order valence-electron chi connectivity index (χ0n) is 18.4. The van der Waals surface area contributed by atoms with E-state index in [9.17, 15) is 4.79 Å². The van der Waals surface area contributed by atoms with Gasteiger partial charge in [-0.15, -0.1) is 0 Å². The van der Waals surface area contributed by atoms with Gasteiger partial charge in [-0.3, -0.25) is 4.79 Å². The number of nitrogens with zero attached hydrogens (tertiary/aromatic N) is 3. The molecule has 0 saturated carbocycles. The summed E-state index contributed by atoms with van der Waals surface area (Å²) >= 11 is 0. The van der Waals surface area contributed by atoms with Gasteiger partial charge in [-0.25, -0.2) is 9.67 Å². The van der Waals surface area contributed by atoms with Crippen LogP contribution in [0.4, 0.5) is 5.69 Å². The van der Waals surface area contributed by atoms with Crippen molar-refractivity contribution in [2.75, 3.05) is 32.8 Å². The first-order chi connectivity index (χ1) is 16.2. The minimum atomic E-state index is -0.371. The van der Waals surface area contributed by atoms with Gasteiger partial charge in [0.05, 0.1) is 25.1 Å². The second kappa shape index (κ2) is 10.4. The molecule has 0 fully saturated rings. The summed E-state index contributed by atoms with van der Waals surface area (Å²) in [6.45, 7) is 0.733. The fraction of sp³-hybridized carbons (Fsp3) is 0.160. The van der Waals surface area contributed by atoms with E-state index >= 15 is 0 Å². The summed E-state index contributed by atoms with van der Waals surface area (Å²) in [7, 11) is 3.21. The first-order valence-electron chi connectivity index (χ1n) is 10.4. The molecule has 8 heteroatoms. The molecule has 4 aromatic rings. The maximum Gasteiger partial charge on any atom is 0.276 e. The largest absolute Gasteiger partial charge is 0.497 e. The molecule has 1 N–H and O–H groups in total. The predicted octanol–water partition coefficient (Wildman–Crippen LogP) is 4.22. The van der Waals surface area contributed by atoms with Gasteiger partial charge in [-0.1, -0.05) is 18.2 Å². The van der Waals surface area contributed by atoms with Crippen molar-refractivity contribution in [3.63, 3.8) is 0 Å². The van der Waals surface area contributed by atoms with Crippen LogP contribution in [0.3, 0.4) is 0 Å². The van der Waals surface area contributed by atoms with Crippen molar-refractivity contribution in [3.05, 3.63) is 84.7 Å². The number of carbonyl (C=O) groups is 1. The molecule has 4 rings (SSSR count). The third-order valence-corrected chi connectivity index (χ3v) is 4.87. The van der Waals surface area contributed by atoms with Gasteiger partial charge in [-0.2, -0.15) is 5.10 Å². The minimum Gasteiger partial charge on any atom is -0.497 e. The van der Waals surface area contributed by atoms with Crippen LogP contribution in [0.5, 0.6) is 11.6 Å². The topological polar surface area (TPSA) is 87.5 Å². The molecule has 2 aromatic heterocycles. The number of rotatable bonds is 9. The maximum absolute atomic E-state index is 13.1. The fourth-order valence-electron chi connectivity index (χ4n) is 3.23. The number of carbonyl (C=O) groups excluding carboxylic acids is 1. The average molecular weight is 444 g/mol. The van der Waals surface area contributed by atoms with Gasteiger partial charge >= 0.3 is 0 Å². The molecule has 0 aliphatic heterocycles. The number of ether oxygens (including phenoxy) is 3.